The zero-order valence-electron chi connectivity index (χ0n) is 13.8. The van der Waals surface area contributed by atoms with Crippen LogP contribution in [0.2, 0.25) is 0 Å². The van der Waals surface area contributed by atoms with E-state index in [1.54, 1.807) is 6.07 Å². The Morgan fingerprint density at radius 1 is 1.13 bits per heavy atom. The minimum Gasteiger partial charge on any atom is -0.491 e. The van der Waals surface area contributed by atoms with Gasteiger partial charge in [0.1, 0.15) is 18.5 Å². The second-order valence-electron chi connectivity index (χ2n) is 6.95. The Labute approximate surface area is 137 Å². The Morgan fingerprint density at radius 2 is 1.78 bits per heavy atom. The molecule has 0 amide bonds. The highest BCUT2D eigenvalue weighted by Gasteiger charge is 2.23. The van der Waals surface area contributed by atoms with Gasteiger partial charge >= 0.3 is 0 Å². The monoisotopic (exact) mass is 310 g/mol. The molecule has 0 radical (unpaired) electrons. The first-order chi connectivity index (χ1) is 10.9. The molecule has 0 aliphatic carbocycles. The van der Waals surface area contributed by atoms with E-state index >= 15 is 0 Å². The molecule has 0 N–H and O–H groups in total. The van der Waals surface area contributed by atoms with E-state index in [1.807, 2.05) is 36.4 Å². The molecule has 1 aliphatic rings. The van der Waals surface area contributed by atoms with Crippen LogP contribution in [0.4, 0.5) is 0 Å². The number of carbonyl (C=O) groups excluding carboxylic acids is 1. The highest BCUT2D eigenvalue weighted by molar-refractivity contribution is 6.09. The second-order valence-corrected chi connectivity index (χ2v) is 6.95. The largest absolute Gasteiger partial charge is 0.491 e. The molecule has 0 spiro atoms. The van der Waals surface area contributed by atoms with E-state index in [9.17, 15) is 4.79 Å². The lowest BCUT2D eigenvalue weighted by molar-refractivity contribution is 0.103. The molecule has 23 heavy (non-hydrogen) atoms. The summed E-state index contributed by atoms with van der Waals surface area (Å²) in [4.78, 5) is 12.7. The topological polar surface area (TPSA) is 38.8 Å². The average molecular weight is 310 g/mol. The van der Waals surface area contributed by atoms with Crippen LogP contribution in [-0.4, -0.2) is 25.1 Å². The minimum absolute atomic E-state index is 0.0178. The van der Waals surface area contributed by atoms with Gasteiger partial charge in [0.25, 0.3) is 0 Å². The van der Waals surface area contributed by atoms with Crippen LogP contribution in [0.3, 0.4) is 0 Å². The van der Waals surface area contributed by atoms with Gasteiger partial charge in [-0.1, -0.05) is 51.1 Å². The van der Waals surface area contributed by atoms with Crippen molar-refractivity contribution in [1.29, 1.82) is 0 Å². The lowest BCUT2D eigenvalue weighted by atomic mass is 9.85. The van der Waals surface area contributed by atoms with Gasteiger partial charge in [0.15, 0.2) is 5.78 Å². The third-order valence-corrected chi connectivity index (χ3v) is 3.93. The normalized spacial score (nSPS) is 16.9. The van der Waals surface area contributed by atoms with E-state index < -0.39 is 0 Å². The van der Waals surface area contributed by atoms with Gasteiger partial charge in [-0.3, -0.25) is 4.79 Å². The van der Waals surface area contributed by atoms with Gasteiger partial charge in [-0.05, 0) is 29.2 Å². The van der Waals surface area contributed by atoms with Gasteiger partial charge in [0, 0.05) is 11.1 Å². The van der Waals surface area contributed by atoms with Crippen LogP contribution in [0, 0.1) is 0 Å². The number of benzene rings is 2. The van der Waals surface area contributed by atoms with Crippen molar-refractivity contribution in [3.63, 3.8) is 0 Å². The van der Waals surface area contributed by atoms with Gasteiger partial charge in [0.2, 0.25) is 0 Å². The summed E-state index contributed by atoms with van der Waals surface area (Å²) in [6.45, 7) is 7.73. The Bertz CT molecular complexity index is 709. The third kappa shape index (κ3) is 3.99. The maximum absolute atomic E-state index is 12.7. The molecule has 0 saturated carbocycles. The predicted molar refractivity (Wildman–Crippen MR) is 90.3 cm³/mol. The van der Waals surface area contributed by atoms with Crippen molar-refractivity contribution < 1.29 is 14.3 Å². The highest BCUT2D eigenvalue weighted by atomic mass is 16.6. The van der Waals surface area contributed by atoms with E-state index in [4.69, 9.17) is 9.47 Å². The summed E-state index contributed by atoms with van der Waals surface area (Å²) in [5, 5.41) is 0. The van der Waals surface area contributed by atoms with E-state index in [0.29, 0.717) is 23.5 Å². The number of hydrogen-bond donors (Lipinski definition) is 0. The maximum Gasteiger partial charge on any atom is 0.193 e. The summed E-state index contributed by atoms with van der Waals surface area (Å²) in [5.74, 6) is 0.725. The Hall–Kier alpha value is -2.13. The molecule has 3 nitrogen and oxygen atoms in total. The molecule has 0 bridgehead atoms. The van der Waals surface area contributed by atoms with Crippen LogP contribution in [0.1, 0.15) is 42.3 Å². The SMILES string of the molecule is CC(C)(C)c1cccc(C(=O)c2cccc(OCC3CO3)c2)c1. The summed E-state index contributed by atoms with van der Waals surface area (Å²) >= 11 is 0. The van der Waals surface area contributed by atoms with Gasteiger partial charge in [-0.2, -0.15) is 0 Å². The zero-order valence-corrected chi connectivity index (χ0v) is 13.8. The standard InChI is InChI=1S/C20H22O3/c1-20(2,3)16-8-4-6-14(10-16)19(21)15-7-5-9-17(11-15)22-12-18-13-23-18/h4-11,18H,12-13H2,1-3H3. The molecule has 1 saturated heterocycles. The van der Waals surface area contributed by atoms with Crippen molar-refractivity contribution in [3.05, 3.63) is 65.2 Å². The minimum atomic E-state index is 0.0178. The lowest BCUT2D eigenvalue weighted by Gasteiger charge is -2.19. The molecule has 1 atom stereocenters. The van der Waals surface area contributed by atoms with Crippen LogP contribution in [0.15, 0.2) is 48.5 Å². The number of hydrogen-bond acceptors (Lipinski definition) is 3. The molecular formula is C20H22O3. The van der Waals surface area contributed by atoms with Gasteiger partial charge in [-0.15, -0.1) is 0 Å². The number of rotatable bonds is 5. The molecule has 1 fully saturated rings. The Morgan fingerprint density at radius 3 is 2.43 bits per heavy atom. The lowest BCUT2D eigenvalue weighted by Crippen LogP contribution is -2.12. The van der Waals surface area contributed by atoms with Crippen molar-refractivity contribution in [2.75, 3.05) is 13.2 Å². The zero-order chi connectivity index (χ0) is 16.4. The molecule has 120 valence electrons. The Kier molecular flexibility index (Phi) is 4.22. The van der Waals surface area contributed by atoms with Crippen LogP contribution < -0.4 is 4.74 Å². The van der Waals surface area contributed by atoms with Crippen molar-refractivity contribution >= 4 is 5.78 Å². The van der Waals surface area contributed by atoms with Crippen molar-refractivity contribution in [2.24, 2.45) is 0 Å². The van der Waals surface area contributed by atoms with Gasteiger partial charge in [-0.25, -0.2) is 0 Å². The average Bonchev–Trinajstić information content (AvgIpc) is 3.36. The summed E-state index contributed by atoms with van der Waals surface area (Å²) < 4.78 is 10.8. The first kappa shape index (κ1) is 15.8. The molecule has 3 rings (SSSR count). The molecule has 1 aliphatic heterocycles. The van der Waals surface area contributed by atoms with Gasteiger partial charge < -0.3 is 9.47 Å². The molecule has 1 unspecified atom stereocenters. The van der Waals surface area contributed by atoms with Crippen LogP contribution >= 0.6 is 0 Å². The summed E-state index contributed by atoms with van der Waals surface area (Å²) in [6.07, 6.45) is 0.206. The molecule has 1 heterocycles. The van der Waals surface area contributed by atoms with Crippen LogP contribution in [-0.2, 0) is 10.2 Å². The quantitative estimate of drug-likeness (QED) is 0.619. The van der Waals surface area contributed by atoms with E-state index in [-0.39, 0.29) is 17.3 Å². The first-order valence-electron chi connectivity index (χ1n) is 7.93. The summed E-state index contributed by atoms with van der Waals surface area (Å²) in [7, 11) is 0. The van der Waals surface area contributed by atoms with Crippen LogP contribution in [0.5, 0.6) is 5.75 Å². The van der Waals surface area contributed by atoms with Gasteiger partial charge in [0.05, 0.1) is 6.61 Å². The fourth-order valence-corrected chi connectivity index (χ4v) is 2.37. The maximum atomic E-state index is 12.7. The molecule has 2 aromatic rings. The predicted octanol–water partition coefficient (Wildman–Crippen LogP) is 3.99. The fourth-order valence-electron chi connectivity index (χ4n) is 2.37. The third-order valence-electron chi connectivity index (χ3n) is 3.93. The number of epoxide rings is 1. The fraction of sp³-hybridized carbons (Fsp3) is 0.350. The summed E-state index contributed by atoms with van der Waals surface area (Å²) in [5.41, 5.74) is 2.53. The number of carbonyl (C=O) groups is 1. The highest BCUT2D eigenvalue weighted by Crippen LogP contribution is 2.24. The van der Waals surface area contributed by atoms with E-state index in [0.717, 1.165) is 12.2 Å². The number of ether oxygens (including phenoxy) is 2. The Balaban J connectivity index is 1.80. The van der Waals surface area contributed by atoms with Crippen molar-refractivity contribution in [3.8, 4) is 5.75 Å². The first-order valence-corrected chi connectivity index (χ1v) is 7.93. The second kappa shape index (κ2) is 6.17. The van der Waals surface area contributed by atoms with E-state index in [2.05, 4.69) is 26.8 Å². The van der Waals surface area contributed by atoms with Crippen LogP contribution in [0.25, 0.3) is 0 Å². The molecule has 0 aromatic heterocycles. The van der Waals surface area contributed by atoms with E-state index in [1.165, 1.54) is 0 Å². The van der Waals surface area contributed by atoms with Crippen molar-refractivity contribution in [2.45, 2.75) is 32.3 Å². The molecule has 2 aromatic carbocycles. The molecule has 3 heteroatoms. The van der Waals surface area contributed by atoms with Crippen molar-refractivity contribution in [1.82, 2.24) is 0 Å². The smallest absolute Gasteiger partial charge is 0.193 e. The molecular weight excluding hydrogens is 288 g/mol. The summed E-state index contributed by atoms with van der Waals surface area (Å²) in [6, 6.07) is 15.2. The number of ketones is 1.